The van der Waals surface area contributed by atoms with Gasteiger partial charge in [0.1, 0.15) is 5.60 Å². The molecule has 0 unspecified atom stereocenters. The van der Waals surface area contributed by atoms with Crippen LogP contribution in [0.4, 0.5) is 4.79 Å². The van der Waals surface area contributed by atoms with Crippen LogP contribution in [-0.4, -0.2) is 28.3 Å². The Balaban J connectivity index is 2.50. The second-order valence-electron chi connectivity index (χ2n) is 5.71. The second-order valence-corrected chi connectivity index (χ2v) is 5.71. The maximum absolute atomic E-state index is 11.7. The summed E-state index contributed by atoms with van der Waals surface area (Å²) in [5.41, 5.74) is -0.847. The Bertz CT molecular complexity index is 350. The highest BCUT2D eigenvalue weighted by Crippen LogP contribution is 2.35. The zero-order valence-electron chi connectivity index (χ0n) is 11.2. The van der Waals surface area contributed by atoms with Crippen molar-refractivity contribution in [1.82, 2.24) is 5.32 Å². The highest BCUT2D eigenvalue weighted by molar-refractivity contribution is 5.79. The van der Waals surface area contributed by atoms with E-state index in [1.807, 2.05) is 20.8 Å². The lowest BCUT2D eigenvalue weighted by Crippen LogP contribution is -2.54. The maximum Gasteiger partial charge on any atom is 0.408 e. The van der Waals surface area contributed by atoms with Gasteiger partial charge in [-0.05, 0) is 46.5 Å². The number of carbonyl (C=O) groups is 2. The molecule has 1 amide bonds. The maximum atomic E-state index is 11.7. The molecule has 0 bridgehead atoms. The fourth-order valence-electron chi connectivity index (χ4n) is 1.89. The van der Waals surface area contributed by atoms with Gasteiger partial charge in [0.05, 0.1) is 0 Å². The van der Waals surface area contributed by atoms with E-state index in [2.05, 4.69) is 5.32 Å². The molecule has 0 radical (unpaired) electrons. The van der Waals surface area contributed by atoms with Gasteiger partial charge in [0.15, 0.2) is 0 Å². The predicted molar refractivity (Wildman–Crippen MR) is 67.3 cm³/mol. The third kappa shape index (κ3) is 4.77. The summed E-state index contributed by atoms with van der Waals surface area (Å²) in [6, 6.07) is 0. The van der Waals surface area contributed by atoms with Gasteiger partial charge in [-0.3, -0.25) is 0 Å². The molecule has 0 saturated heterocycles. The molecular weight excluding hydrogens is 234 g/mol. The fourth-order valence-corrected chi connectivity index (χ4v) is 1.89. The number of carboxylic acid groups (broad SMARTS) is 1. The SMILES string of the molecule is CC(C)(C)OC(=O)NC1(C/C=C/C(=O)O)CCC1. The van der Waals surface area contributed by atoms with Crippen molar-refractivity contribution in [1.29, 1.82) is 0 Å². The largest absolute Gasteiger partial charge is 0.478 e. The molecule has 1 fully saturated rings. The Labute approximate surface area is 107 Å². The van der Waals surface area contributed by atoms with E-state index in [1.165, 1.54) is 0 Å². The predicted octanol–water partition coefficient (Wildman–Crippen LogP) is 2.46. The second kappa shape index (κ2) is 5.42. The van der Waals surface area contributed by atoms with Crippen LogP contribution in [0, 0.1) is 0 Å². The molecule has 5 heteroatoms. The summed E-state index contributed by atoms with van der Waals surface area (Å²) in [6.07, 6.45) is 5.53. The normalized spacial score (nSPS) is 18.2. The molecular formula is C13H21NO4. The van der Waals surface area contributed by atoms with Crippen LogP contribution in [0.5, 0.6) is 0 Å². The number of rotatable bonds is 4. The van der Waals surface area contributed by atoms with Gasteiger partial charge >= 0.3 is 12.1 Å². The molecule has 18 heavy (non-hydrogen) atoms. The quantitative estimate of drug-likeness (QED) is 0.757. The molecule has 1 saturated carbocycles. The third-order valence-corrected chi connectivity index (χ3v) is 2.85. The Morgan fingerprint density at radius 2 is 2.00 bits per heavy atom. The number of hydrogen-bond donors (Lipinski definition) is 2. The van der Waals surface area contributed by atoms with Gasteiger partial charge in [-0.1, -0.05) is 6.08 Å². The van der Waals surface area contributed by atoms with Crippen LogP contribution in [0.3, 0.4) is 0 Å². The summed E-state index contributed by atoms with van der Waals surface area (Å²) >= 11 is 0. The van der Waals surface area contributed by atoms with Crippen molar-refractivity contribution in [2.24, 2.45) is 0 Å². The summed E-state index contributed by atoms with van der Waals surface area (Å²) in [5.74, 6) is -0.971. The van der Waals surface area contributed by atoms with Crippen LogP contribution >= 0.6 is 0 Å². The summed E-state index contributed by atoms with van der Waals surface area (Å²) in [7, 11) is 0. The number of amides is 1. The fraction of sp³-hybridized carbons (Fsp3) is 0.692. The van der Waals surface area contributed by atoms with Crippen molar-refractivity contribution >= 4 is 12.1 Å². The standard InChI is InChI=1S/C13H21NO4/c1-12(2,3)18-11(17)14-13(8-5-9-13)7-4-6-10(15)16/h4,6H,5,7-9H2,1-3H3,(H,14,17)(H,15,16)/b6-4+. The van der Waals surface area contributed by atoms with Gasteiger partial charge in [0, 0.05) is 11.6 Å². The molecule has 102 valence electrons. The molecule has 0 aromatic rings. The van der Waals surface area contributed by atoms with Crippen molar-refractivity contribution in [2.45, 2.75) is 57.6 Å². The van der Waals surface area contributed by atoms with Gasteiger partial charge in [-0.25, -0.2) is 9.59 Å². The molecule has 0 atom stereocenters. The molecule has 0 aromatic carbocycles. The molecule has 0 spiro atoms. The van der Waals surface area contributed by atoms with E-state index < -0.39 is 17.7 Å². The van der Waals surface area contributed by atoms with Crippen molar-refractivity contribution in [3.8, 4) is 0 Å². The van der Waals surface area contributed by atoms with Crippen LogP contribution in [0.15, 0.2) is 12.2 Å². The number of carboxylic acids is 1. The molecule has 2 N–H and O–H groups in total. The topological polar surface area (TPSA) is 75.6 Å². The Kier molecular flexibility index (Phi) is 4.38. The Hall–Kier alpha value is -1.52. The van der Waals surface area contributed by atoms with Crippen molar-refractivity contribution in [3.05, 3.63) is 12.2 Å². The molecule has 1 aliphatic rings. The van der Waals surface area contributed by atoms with Crippen LogP contribution in [0.1, 0.15) is 46.5 Å². The number of carbonyl (C=O) groups excluding carboxylic acids is 1. The van der Waals surface area contributed by atoms with Crippen LogP contribution in [0.25, 0.3) is 0 Å². The lowest BCUT2D eigenvalue weighted by Gasteiger charge is -2.42. The number of hydrogen-bond acceptors (Lipinski definition) is 3. The average Bonchev–Trinajstić information content (AvgIpc) is 2.09. The zero-order chi connectivity index (χ0) is 13.8. The molecule has 1 rings (SSSR count). The highest BCUT2D eigenvalue weighted by Gasteiger charge is 2.38. The summed E-state index contributed by atoms with van der Waals surface area (Å²) in [4.78, 5) is 22.1. The lowest BCUT2D eigenvalue weighted by atomic mass is 9.74. The lowest BCUT2D eigenvalue weighted by molar-refractivity contribution is -0.131. The summed E-state index contributed by atoms with van der Waals surface area (Å²) < 4.78 is 5.21. The van der Waals surface area contributed by atoms with Crippen molar-refractivity contribution < 1.29 is 19.4 Å². The number of alkyl carbamates (subject to hydrolysis) is 1. The molecule has 0 aromatic heterocycles. The number of nitrogens with one attached hydrogen (secondary N) is 1. The van der Waals surface area contributed by atoms with Gasteiger partial charge < -0.3 is 15.2 Å². The van der Waals surface area contributed by atoms with E-state index in [0.717, 1.165) is 25.3 Å². The summed E-state index contributed by atoms with van der Waals surface area (Å²) in [6.45, 7) is 5.43. The van der Waals surface area contributed by atoms with Crippen LogP contribution < -0.4 is 5.32 Å². The molecule has 0 aliphatic heterocycles. The first-order valence-corrected chi connectivity index (χ1v) is 6.13. The Morgan fingerprint density at radius 3 is 2.39 bits per heavy atom. The van der Waals surface area contributed by atoms with E-state index in [9.17, 15) is 9.59 Å². The first-order chi connectivity index (χ1) is 8.22. The minimum absolute atomic E-state index is 0.325. The molecule has 5 nitrogen and oxygen atoms in total. The minimum atomic E-state index is -0.971. The smallest absolute Gasteiger partial charge is 0.408 e. The monoisotopic (exact) mass is 255 g/mol. The van der Waals surface area contributed by atoms with Gasteiger partial charge in [-0.2, -0.15) is 0 Å². The van der Waals surface area contributed by atoms with E-state index in [-0.39, 0.29) is 5.54 Å². The number of aliphatic carboxylic acids is 1. The van der Waals surface area contributed by atoms with E-state index >= 15 is 0 Å². The Morgan fingerprint density at radius 1 is 1.39 bits per heavy atom. The first kappa shape index (κ1) is 14.5. The van der Waals surface area contributed by atoms with Gasteiger partial charge in [0.2, 0.25) is 0 Å². The van der Waals surface area contributed by atoms with E-state index in [4.69, 9.17) is 9.84 Å². The zero-order valence-corrected chi connectivity index (χ0v) is 11.2. The highest BCUT2D eigenvalue weighted by atomic mass is 16.6. The van der Waals surface area contributed by atoms with Gasteiger partial charge in [0.25, 0.3) is 0 Å². The van der Waals surface area contributed by atoms with Crippen molar-refractivity contribution in [2.75, 3.05) is 0 Å². The molecule has 0 heterocycles. The average molecular weight is 255 g/mol. The first-order valence-electron chi connectivity index (χ1n) is 6.13. The van der Waals surface area contributed by atoms with Crippen LogP contribution in [0.2, 0.25) is 0 Å². The summed E-state index contributed by atoms with van der Waals surface area (Å²) in [5, 5.41) is 11.4. The molecule has 1 aliphatic carbocycles. The van der Waals surface area contributed by atoms with Crippen LogP contribution in [-0.2, 0) is 9.53 Å². The number of ether oxygens (including phenoxy) is 1. The van der Waals surface area contributed by atoms with E-state index in [0.29, 0.717) is 6.42 Å². The van der Waals surface area contributed by atoms with E-state index in [1.54, 1.807) is 6.08 Å². The van der Waals surface area contributed by atoms with Gasteiger partial charge in [-0.15, -0.1) is 0 Å². The van der Waals surface area contributed by atoms with Crippen molar-refractivity contribution in [3.63, 3.8) is 0 Å². The minimum Gasteiger partial charge on any atom is -0.478 e. The third-order valence-electron chi connectivity index (χ3n) is 2.85.